The standard InChI is InChI=1S/C86H154NO8P/c1-6-8-10-12-14-16-18-20-22-24-26-28-30-32-34-36-38-39-40-41-42-43-44-45-46-47-49-50-52-54-56-58-60-62-64-66-68-70-72-74-76-78-85(88)92-82-84(83-94-96(90,91)93-81-80-87(3,4)5)95-86(89)79-77-75-73-71-69-67-65-63-61-59-57-55-53-51-48-37-35-33-31-29-27-25-23-21-19-17-15-13-11-9-7-2/h9,11,15,17-18,20-21,23-24,26-27,29,33,35,48,51,55,57,84H,6-8,10,12-14,16,19,22,25,28,30-32,34,36-47,49-50,52-54,56,58-83H2,1-5H3/b11-9-,17-15-,20-18-,23-21-,26-24-,29-27-,35-33-,51-48-,57-55-. The molecule has 0 saturated carbocycles. The Bertz CT molecular complexity index is 1990. The Morgan fingerprint density at radius 2 is 0.594 bits per heavy atom. The molecule has 0 radical (unpaired) electrons. The number of nitrogens with zero attached hydrogens (tertiary/aromatic N) is 1. The highest BCUT2D eigenvalue weighted by molar-refractivity contribution is 7.45. The van der Waals surface area contributed by atoms with E-state index in [2.05, 4.69) is 123 Å². The summed E-state index contributed by atoms with van der Waals surface area (Å²) in [5.74, 6) is -0.830. The van der Waals surface area contributed by atoms with Gasteiger partial charge in [0, 0.05) is 12.8 Å². The van der Waals surface area contributed by atoms with Crippen LogP contribution in [0.3, 0.4) is 0 Å². The molecule has 0 N–H and O–H groups in total. The van der Waals surface area contributed by atoms with Crippen LogP contribution in [0, 0.1) is 0 Å². The van der Waals surface area contributed by atoms with Crippen molar-refractivity contribution in [3.8, 4) is 0 Å². The zero-order valence-corrected chi connectivity index (χ0v) is 64.5. The van der Waals surface area contributed by atoms with Gasteiger partial charge in [-0.2, -0.15) is 0 Å². The second-order valence-corrected chi connectivity index (χ2v) is 29.8. The van der Waals surface area contributed by atoms with Crippen molar-refractivity contribution >= 4 is 19.8 Å². The number of phosphoric acid groups is 1. The highest BCUT2D eigenvalue weighted by Gasteiger charge is 2.22. The molecule has 556 valence electrons. The predicted octanol–water partition coefficient (Wildman–Crippen LogP) is 26.5. The van der Waals surface area contributed by atoms with Gasteiger partial charge >= 0.3 is 11.9 Å². The number of ether oxygens (including phenoxy) is 2. The molecule has 0 amide bonds. The summed E-state index contributed by atoms with van der Waals surface area (Å²) in [6.45, 7) is 4.15. The molecule has 96 heavy (non-hydrogen) atoms. The smallest absolute Gasteiger partial charge is 0.306 e. The highest BCUT2D eigenvalue weighted by atomic mass is 31.2. The van der Waals surface area contributed by atoms with Crippen LogP contribution in [-0.4, -0.2) is 70.0 Å². The summed E-state index contributed by atoms with van der Waals surface area (Å²) in [6, 6.07) is 0. The fourth-order valence-corrected chi connectivity index (χ4v) is 12.3. The lowest BCUT2D eigenvalue weighted by molar-refractivity contribution is -0.870. The highest BCUT2D eigenvalue weighted by Crippen LogP contribution is 2.38. The number of hydrogen-bond acceptors (Lipinski definition) is 8. The van der Waals surface area contributed by atoms with Crippen molar-refractivity contribution in [3.05, 3.63) is 109 Å². The molecular formula is C86H154NO8P. The van der Waals surface area contributed by atoms with Crippen molar-refractivity contribution in [2.75, 3.05) is 47.5 Å². The van der Waals surface area contributed by atoms with Gasteiger partial charge in [0.15, 0.2) is 6.10 Å². The Hall–Kier alpha value is -3.33. The quantitative estimate of drug-likeness (QED) is 0.0195. The molecule has 0 spiro atoms. The lowest BCUT2D eigenvalue weighted by Crippen LogP contribution is -2.37. The van der Waals surface area contributed by atoms with Crippen molar-refractivity contribution in [1.82, 2.24) is 0 Å². The van der Waals surface area contributed by atoms with Gasteiger partial charge in [-0.25, -0.2) is 0 Å². The first kappa shape index (κ1) is 92.7. The summed E-state index contributed by atoms with van der Waals surface area (Å²) >= 11 is 0. The number of esters is 2. The molecule has 0 fully saturated rings. The molecule has 0 aliphatic rings. The minimum absolute atomic E-state index is 0.0348. The van der Waals surface area contributed by atoms with Gasteiger partial charge in [0.2, 0.25) is 0 Å². The molecule has 0 aromatic carbocycles. The second kappa shape index (κ2) is 75.9. The Morgan fingerprint density at radius 1 is 0.333 bits per heavy atom. The van der Waals surface area contributed by atoms with E-state index >= 15 is 0 Å². The first-order chi connectivity index (χ1) is 47.0. The van der Waals surface area contributed by atoms with E-state index in [9.17, 15) is 19.0 Å². The van der Waals surface area contributed by atoms with Gasteiger partial charge in [-0.1, -0.05) is 367 Å². The van der Waals surface area contributed by atoms with E-state index in [1.54, 1.807) is 0 Å². The van der Waals surface area contributed by atoms with Crippen LogP contribution in [0.5, 0.6) is 0 Å². The van der Waals surface area contributed by atoms with Gasteiger partial charge in [-0.05, 0) is 103 Å². The SMILES string of the molecule is CC/C=C\C/C=C\C/C=C\C/C=C\C/C=C\C/C=C\C/C=C\CCCCCCCCCCCC(=O)OC(COC(=O)CCCCCCCCCCCCCCCCCCCCCCCCCCCCCCC/C=C\C/C=C\CCCCCCC)COP(=O)([O-])OCC[N+](C)(C)C. The molecular weight excluding hydrogens is 1210 g/mol. The summed E-state index contributed by atoms with van der Waals surface area (Å²) < 4.78 is 34.4. The fraction of sp³-hybridized carbons (Fsp3) is 0.767. The maximum absolute atomic E-state index is 12.9. The van der Waals surface area contributed by atoms with Crippen molar-refractivity contribution in [2.24, 2.45) is 0 Å². The molecule has 9 nitrogen and oxygen atoms in total. The Labute approximate surface area is 595 Å². The second-order valence-electron chi connectivity index (χ2n) is 28.4. The molecule has 2 atom stereocenters. The molecule has 0 aromatic heterocycles. The molecule has 0 aliphatic carbocycles. The van der Waals surface area contributed by atoms with Crippen LogP contribution in [0.1, 0.15) is 373 Å². The molecule has 0 rings (SSSR count). The van der Waals surface area contributed by atoms with Crippen LogP contribution < -0.4 is 4.89 Å². The number of unbranched alkanes of at least 4 members (excludes halogenated alkanes) is 43. The summed E-state index contributed by atoms with van der Waals surface area (Å²) in [5.41, 5.74) is 0. The third-order valence-corrected chi connectivity index (χ3v) is 18.7. The van der Waals surface area contributed by atoms with Crippen molar-refractivity contribution in [2.45, 2.75) is 380 Å². The number of quaternary nitrogens is 1. The molecule has 0 aromatic rings. The van der Waals surface area contributed by atoms with Crippen LogP contribution in [0.2, 0.25) is 0 Å². The van der Waals surface area contributed by atoms with E-state index in [1.165, 1.54) is 244 Å². The fourth-order valence-electron chi connectivity index (χ4n) is 11.6. The lowest BCUT2D eigenvalue weighted by Gasteiger charge is -2.28. The first-order valence-electron chi connectivity index (χ1n) is 40.6. The number of carbonyl (C=O) groups is 2. The van der Waals surface area contributed by atoms with Crippen molar-refractivity contribution in [1.29, 1.82) is 0 Å². The van der Waals surface area contributed by atoms with Gasteiger partial charge in [0.25, 0.3) is 7.82 Å². The van der Waals surface area contributed by atoms with E-state index in [-0.39, 0.29) is 32.0 Å². The summed E-state index contributed by atoms with van der Waals surface area (Å²) in [6.07, 6.45) is 108. The van der Waals surface area contributed by atoms with Gasteiger partial charge in [-0.15, -0.1) is 0 Å². The van der Waals surface area contributed by atoms with E-state index in [1.807, 2.05) is 21.1 Å². The van der Waals surface area contributed by atoms with Crippen LogP contribution >= 0.6 is 7.82 Å². The largest absolute Gasteiger partial charge is 0.756 e. The van der Waals surface area contributed by atoms with Crippen LogP contribution in [0.25, 0.3) is 0 Å². The normalized spacial score (nSPS) is 13.6. The van der Waals surface area contributed by atoms with Crippen molar-refractivity contribution < 1.29 is 42.1 Å². The number of carbonyl (C=O) groups excluding carboxylic acids is 2. The van der Waals surface area contributed by atoms with E-state index in [0.717, 1.165) is 96.3 Å². The van der Waals surface area contributed by atoms with Gasteiger partial charge in [0.05, 0.1) is 27.7 Å². The van der Waals surface area contributed by atoms with E-state index in [0.29, 0.717) is 17.4 Å². The van der Waals surface area contributed by atoms with Gasteiger partial charge < -0.3 is 27.9 Å². The molecule has 0 saturated heterocycles. The third kappa shape index (κ3) is 79.7. The number of likely N-dealkylation sites (N-methyl/N-ethyl adjacent to an activating group) is 1. The summed E-state index contributed by atoms with van der Waals surface area (Å²) in [5, 5.41) is 0. The average molecular weight is 1360 g/mol. The zero-order valence-electron chi connectivity index (χ0n) is 63.6. The maximum Gasteiger partial charge on any atom is 0.306 e. The molecule has 0 bridgehead atoms. The van der Waals surface area contributed by atoms with Crippen LogP contribution in [0.15, 0.2) is 109 Å². The van der Waals surface area contributed by atoms with Gasteiger partial charge in [0.1, 0.15) is 19.8 Å². The first-order valence-corrected chi connectivity index (χ1v) is 42.1. The van der Waals surface area contributed by atoms with E-state index in [4.69, 9.17) is 18.5 Å². The predicted molar refractivity (Wildman–Crippen MR) is 415 cm³/mol. The van der Waals surface area contributed by atoms with Gasteiger partial charge in [-0.3, -0.25) is 14.2 Å². The Kier molecular flexibility index (Phi) is 73.2. The Morgan fingerprint density at radius 3 is 0.885 bits per heavy atom. The number of phosphoric ester groups is 1. The number of hydrogen-bond donors (Lipinski definition) is 0. The molecule has 10 heteroatoms. The molecule has 0 aliphatic heterocycles. The number of rotatable bonds is 75. The van der Waals surface area contributed by atoms with Crippen LogP contribution in [-0.2, 0) is 32.7 Å². The number of allylic oxidation sites excluding steroid dienone is 18. The molecule has 0 heterocycles. The van der Waals surface area contributed by atoms with Crippen molar-refractivity contribution in [3.63, 3.8) is 0 Å². The minimum atomic E-state index is -4.65. The van der Waals surface area contributed by atoms with E-state index < -0.39 is 26.5 Å². The molecule has 2 unspecified atom stereocenters. The van der Waals surface area contributed by atoms with Crippen LogP contribution in [0.4, 0.5) is 0 Å². The minimum Gasteiger partial charge on any atom is -0.756 e. The monoisotopic (exact) mass is 1360 g/mol. The average Bonchev–Trinajstić information content (AvgIpc) is 1.97. The maximum atomic E-state index is 12.9. The Balaban J connectivity index is 3.94. The summed E-state index contributed by atoms with van der Waals surface area (Å²) in [4.78, 5) is 38.2. The summed E-state index contributed by atoms with van der Waals surface area (Å²) in [7, 11) is 1.17. The topological polar surface area (TPSA) is 111 Å². The zero-order chi connectivity index (χ0) is 69.7. The third-order valence-electron chi connectivity index (χ3n) is 17.8. The lowest BCUT2D eigenvalue weighted by atomic mass is 10.0.